The van der Waals surface area contributed by atoms with Crippen LogP contribution in [0.15, 0.2) is 42.9 Å². The lowest BCUT2D eigenvalue weighted by atomic mass is 10.1. The van der Waals surface area contributed by atoms with Crippen molar-refractivity contribution in [1.29, 1.82) is 0 Å². The molecule has 116 valence electrons. The van der Waals surface area contributed by atoms with Crippen molar-refractivity contribution < 1.29 is 9.53 Å². The highest BCUT2D eigenvalue weighted by Gasteiger charge is 2.19. The van der Waals surface area contributed by atoms with Crippen molar-refractivity contribution in [2.24, 2.45) is 0 Å². The lowest BCUT2D eigenvalue weighted by Gasteiger charge is -2.15. The average Bonchev–Trinajstić information content (AvgIpc) is 2.96. The van der Waals surface area contributed by atoms with E-state index < -0.39 is 0 Å². The Morgan fingerprint density at radius 3 is 2.62 bits per heavy atom. The normalized spacial score (nSPS) is 10.9. The number of aromatic nitrogens is 2. The number of ether oxygens (including phenoxy) is 1. The highest BCUT2D eigenvalue weighted by molar-refractivity contribution is 5.85. The summed E-state index contributed by atoms with van der Waals surface area (Å²) in [5, 5.41) is 3.20. The molecule has 0 bridgehead atoms. The maximum Gasteiger partial charge on any atom is 0.323 e. The Labute approximate surface area is 136 Å². The van der Waals surface area contributed by atoms with Gasteiger partial charge in [-0.2, -0.15) is 0 Å². The van der Waals surface area contributed by atoms with Gasteiger partial charge in [0.05, 0.1) is 13.4 Å². The Morgan fingerprint density at radius 2 is 2.05 bits per heavy atom. The van der Waals surface area contributed by atoms with E-state index in [0.29, 0.717) is 13.0 Å². The molecule has 2 rings (SSSR count). The summed E-state index contributed by atoms with van der Waals surface area (Å²) in [5.74, 6) is -0.273. The third-order valence-electron chi connectivity index (χ3n) is 2.86. The fourth-order valence-corrected chi connectivity index (χ4v) is 1.83. The summed E-state index contributed by atoms with van der Waals surface area (Å²) in [6.07, 6.45) is 3.83. The van der Waals surface area contributed by atoms with Gasteiger partial charge < -0.3 is 9.72 Å². The summed E-state index contributed by atoms with van der Waals surface area (Å²) < 4.78 is 4.81. The monoisotopic (exact) mass is 331 g/mol. The molecule has 0 aliphatic heterocycles. The second-order valence-electron chi connectivity index (χ2n) is 4.22. The Morgan fingerprint density at radius 1 is 1.33 bits per heavy atom. The van der Waals surface area contributed by atoms with E-state index in [1.807, 2.05) is 30.3 Å². The zero-order valence-corrected chi connectivity index (χ0v) is 13.2. The molecule has 2 N–H and O–H groups in total. The van der Waals surface area contributed by atoms with Gasteiger partial charge in [0.2, 0.25) is 0 Å². The molecule has 1 unspecified atom stereocenters. The second-order valence-corrected chi connectivity index (χ2v) is 4.22. The minimum Gasteiger partial charge on any atom is -0.468 e. The van der Waals surface area contributed by atoms with Crippen LogP contribution in [-0.4, -0.2) is 29.1 Å². The molecular weight excluding hydrogens is 313 g/mol. The summed E-state index contributed by atoms with van der Waals surface area (Å²) in [4.78, 5) is 18.7. The molecule has 0 saturated carbocycles. The maximum absolute atomic E-state index is 11.7. The van der Waals surface area contributed by atoms with E-state index in [1.165, 1.54) is 7.11 Å². The van der Waals surface area contributed by atoms with Crippen LogP contribution < -0.4 is 5.32 Å². The van der Waals surface area contributed by atoms with Crippen LogP contribution in [0.1, 0.15) is 11.3 Å². The molecule has 1 atom stereocenters. The number of hydrogen-bond acceptors (Lipinski definition) is 4. The first-order valence-corrected chi connectivity index (χ1v) is 6.12. The van der Waals surface area contributed by atoms with E-state index in [-0.39, 0.29) is 36.8 Å². The number of methoxy groups -OCH3 is 1. The number of esters is 1. The summed E-state index contributed by atoms with van der Waals surface area (Å²) in [6.45, 7) is 0.620. The molecule has 21 heavy (non-hydrogen) atoms. The third kappa shape index (κ3) is 6.16. The molecule has 7 heteroatoms. The zero-order valence-electron chi connectivity index (χ0n) is 11.6. The summed E-state index contributed by atoms with van der Waals surface area (Å²) in [6, 6.07) is 9.55. The topological polar surface area (TPSA) is 67.0 Å². The summed E-state index contributed by atoms with van der Waals surface area (Å²) >= 11 is 0. The summed E-state index contributed by atoms with van der Waals surface area (Å²) in [5.41, 5.74) is 2.02. The number of carbonyl (C=O) groups excluding carboxylic acids is 1. The molecule has 0 spiro atoms. The number of hydrogen-bond donors (Lipinski definition) is 2. The molecule has 5 nitrogen and oxygen atoms in total. The first kappa shape index (κ1) is 19.4. The van der Waals surface area contributed by atoms with Gasteiger partial charge in [-0.05, 0) is 5.56 Å². The molecule has 0 radical (unpaired) electrons. The highest BCUT2D eigenvalue weighted by atomic mass is 35.5. The number of imidazole rings is 1. The van der Waals surface area contributed by atoms with Crippen molar-refractivity contribution in [3.05, 3.63) is 54.1 Å². The predicted octanol–water partition coefficient (Wildman–Crippen LogP) is 2.13. The molecule has 2 aromatic rings. The molecule has 1 aromatic carbocycles. The van der Waals surface area contributed by atoms with Crippen LogP contribution in [0.5, 0.6) is 0 Å². The Bertz CT molecular complexity index is 506. The van der Waals surface area contributed by atoms with E-state index in [4.69, 9.17) is 4.74 Å². The smallest absolute Gasteiger partial charge is 0.323 e. The van der Waals surface area contributed by atoms with E-state index in [9.17, 15) is 4.79 Å². The third-order valence-corrected chi connectivity index (χ3v) is 2.86. The first-order valence-electron chi connectivity index (χ1n) is 6.12. The van der Waals surface area contributed by atoms with Crippen LogP contribution in [0, 0.1) is 0 Å². The number of benzene rings is 1. The van der Waals surface area contributed by atoms with E-state index >= 15 is 0 Å². The molecule has 0 aliphatic carbocycles. The van der Waals surface area contributed by atoms with Crippen molar-refractivity contribution in [2.75, 3.05) is 7.11 Å². The minimum atomic E-state index is -0.384. The number of aromatic amines is 1. The zero-order chi connectivity index (χ0) is 13.5. The number of H-pyrrole nitrogens is 1. The van der Waals surface area contributed by atoms with Gasteiger partial charge in [-0.1, -0.05) is 30.3 Å². The number of nitrogens with zero attached hydrogens (tertiary/aromatic N) is 1. The van der Waals surface area contributed by atoms with Gasteiger partial charge in [-0.15, -0.1) is 24.8 Å². The van der Waals surface area contributed by atoms with E-state index in [1.54, 1.807) is 12.5 Å². The molecular formula is C14H19Cl2N3O2. The van der Waals surface area contributed by atoms with Gasteiger partial charge >= 0.3 is 5.97 Å². The van der Waals surface area contributed by atoms with Crippen molar-refractivity contribution >= 4 is 30.8 Å². The van der Waals surface area contributed by atoms with Gasteiger partial charge in [0.25, 0.3) is 0 Å². The van der Waals surface area contributed by atoms with Crippen LogP contribution in [0.25, 0.3) is 0 Å². The molecule has 0 saturated heterocycles. The van der Waals surface area contributed by atoms with Crippen LogP contribution in [0.4, 0.5) is 0 Å². The van der Waals surface area contributed by atoms with Gasteiger partial charge in [0.1, 0.15) is 6.04 Å². The minimum absolute atomic E-state index is 0. The standard InChI is InChI=1S/C14H17N3O2.2ClH/c1-19-14(18)13(7-12-9-15-10-17-12)16-8-11-5-3-2-4-6-11;;/h2-6,9-10,13,16H,7-8H2,1H3,(H,15,17);2*1H. The van der Waals surface area contributed by atoms with E-state index in [0.717, 1.165) is 11.3 Å². The first-order chi connectivity index (χ1) is 9.29. The Kier molecular flexibility index (Phi) is 9.45. The van der Waals surface area contributed by atoms with Crippen molar-refractivity contribution in [1.82, 2.24) is 15.3 Å². The quantitative estimate of drug-likeness (QED) is 0.796. The predicted molar refractivity (Wildman–Crippen MR) is 85.9 cm³/mol. The van der Waals surface area contributed by atoms with Crippen molar-refractivity contribution in [3.8, 4) is 0 Å². The van der Waals surface area contributed by atoms with Crippen LogP contribution in [0.2, 0.25) is 0 Å². The van der Waals surface area contributed by atoms with Gasteiger partial charge in [0, 0.05) is 24.9 Å². The maximum atomic E-state index is 11.7. The number of rotatable bonds is 6. The fourth-order valence-electron chi connectivity index (χ4n) is 1.83. The molecule has 1 heterocycles. The van der Waals surface area contributed by atoms with Crippen LogP contribution >= 0.6 is 24.8 Å². The van der Waals surface area contributed by atoms with Crippen LogP contribution in [0.3, 0.4) is 0 Å². The molecule has 1 aromatic heterocycles. The number of nitrogens with one attached hydrogen (secondary N) is 2. The van der Waals surface area contributed by atoms with Gasteiger partial charge in [-0.25, -0.2) is 4.98 Å². The number of carbonyl (C=O) groups is 1. The Balaban J connectivity index is 0.00000200. The second kappa shape index (κ2) is 10.2. The van der Waals surface area contributed by atoms with Crippen molar-refractivity contribution in [2.45, 2.75) is 19.0 Å². The van der Waals surface area contributed by atoms with Gasteiger partial charge in [-0.3, -0.25) is 10.1 Å². The largest absolute Gasteiger partial charge is 0.468 e. The average molecular weight is 332 g/mol. The van der Waals surface area contributed by atoms with E-state index in [2.05, 4.69) is 15.3 Å². The molecule has 0 aliphatic rings. The summed E-state index contributed by atoms with van der Waals surface area (Å²) in [7, 11) is 1.40. The number of halogens is 2. The van der Waals surface area contributed by atoms with Crippen LogP contribution in [-0.2, 0) is 22.5 Å². The van der Waals surface area contributed by atoms with Crippen molar-refractivity contribution in [3.63, 3.8) is 0 Å². The lowest BCUT2D eigenvalue weighted by Crippen LogP contribution is -2.39. The SMILES string of the molecule is COC(=O)C(Cc1cnc[nH]1)NCc1ccccc1.Cl.Cl. The fraction of sp³-hybridized carbons (Fsp3) is 0.286. The lowest BCUT2D eigenvalue weighted by molar-refractivity contribution is -0.143. The Hall–Kier alpha value is -1.56. The molecule has 0 fully saturated rings. The van der Waals surface area contributed by atoms with Gasteiger partial charge in [0.15, 0.2) is 0 Å². The molecule has 0 amide bonds. The highest BCUT2D eigenvalue weighted by Crippen LogP contribution is 2.03.